The number of halogens is 2. The molecule has 0 saturated carbocycles. The molecule has 0 amide bonds. The molecule has 3 heteroatoms. The van der Waals surface area contributed by atoms with Crippen molar-refractivity contribution in [2.75, 3.05) is 0 Å². The van der Waals surface area contributed by atoms with Gasteiger partial charge in [0.05, 0.1) is 4.47 Å². The number of nitrogens with two attached hydrogens (primary N) is 1. The Morgan fingerprint density at radius 1 is 1.11 bits per heavy atom. The van der Waals surface area contributed by atoms with Gasteiger partial charge in [-0.15, -0.1) is 0 Å². The summed E-state index contributed by atoms with van der Waals surface area (Å²) in [6.07, 6.45) is 0.709. The molecule has 19 heavy (non-hydrogen) atoms. The molecular weight excluding hydrogens is 305 g/mol. The number of hydrogen-bond acceptors (Lipinski definition) is 1. The average Bonchev–Trinajstić information content (AvgIpc) is 2.37. The van der Waals surface area contributed by atoms with E-state index in [1.807, 2.05) is 12.1 Å². The zero-order valence-electron chi connectivity index (χ0n) is 11.1. The van der Waals surface area contributed by atoms with Gasteiger partial charge in [-0.25, -0.2) is 4.39 Å². The van der Waals surface area contributed by atoms with Crippen LogP contribution < -0.4 is 5.73 Å². The highest BCUT2D eigenvalue weighted by Gasteiger charge is 2.15. The van der Waals surface area contributed by atoms with Crippen molar-refractivity contribution >= 4 is 15.9 Å². The average molecular weight is 322 g/mol. The minimum Gasteiger partial charge on any atom is -0.324 e. The molecule has 0 aliphatic carbocycles. The summed E-state index contributed by atoms with van der Waals surface area (Å²) in [6, 6.07) is 11.0. The molecule has 0 aliphatic rings. The smallest absolute Gasteiger partial charge is 0.137 e. The highest BCUT2D eigenvalue weighted by molar-refractivity contribution is 9.10. The van der Waals surface area contributed by atoms with E-state index >= 15 is 0 Å². The molecule has 0 spiro atoms. The maximum atomic E-state index is 13.5. The largest absolute Gasteiger partial charge is 0.324 e. The Balaban J connectivity index is 2.31. The Bertz CT molecular complexity index is 575. The zero-order valence-corrected chi connectivity index (χ0v) is 12.7. The Kier molecular flexibility index (Phi) is 4.38. The van der Waals surface area contributed by atoms with E-state index in [4.69, 9.17) is 5.73 Å². The van der Waals surface area contributed by atoms with E-state index in [-0.39, 0.29) is 11.9 Å². The van der Waals surface area contributed by atoms with Crippen molar-refractivity contribution in [2.24, 2.45) is 5.73 Å². The molecule has 0 bridgehead atoms. The number of benzene rings is 2. The molecule has 2 aromatic carbocycles. The van der Waals surface area contributed by atoms with Crippen LogP contribution in [0.2, 0.25) is 0 Å². The fourth-order valence-corrected chi connectivity index (χ4v) is 2.87. The lowest BCUT2D eigenvalue weighted by Gasteiger charge is -2.17. The minimum absolute atomic E-state index is 0.218. The predicted octanol–water partition coefficient (Wildman–Crippen LogP) is 4.45. The first-order valence-corrected chi connectivity index (χ1v) is 7.04. The van der Waals surface area contributed by atoms with Crippen LogP contribution in [0, 0.1) is 19.7 Å². The topological polar surface area (TPSA) is 26.0 Å². The third-order valence-electron chi connectivity index (χ3n) is 3.45. The molecule has 1 unspecified atom stereocenters. The fourth-order valence-electron chi connectivity index (χ4n) is 2.31. The lowest BCUT2D eigenvalue weighted by Crippen LogP contribution is -2.15. The van der Waals surface area contributed by atoms with E-state index in [1.54, 1.807) is 6.07 Å². The lowest BCUT2D eigenvalue weighted by atomic mass is 9.93. The van der Waals surface area contributed by atoms with Crippen LogP contribution in [0.25, 0.3) is 0 Å². The molecule has 2 aromatic rings. The van der Waals surface area contributed by atoms with Crippen LogP contribution in [0.15, 0.2) is 40.9 Å². The molecule has 0 saturated heterocycles. The van der Waals surface area contributed by atoms with E-state index in [2.05, 4.69) is 41.9 Å². The van der Waals surface area contributed by atoms with Gasteiger partial charge in [-0.05, 0) is 64.5 Å². The molecule has 0 aliphatic heterocycles. The maximum Gasteiger partial charge on any atom is 0.137 e. The van der Waals surface area contributed by atoms with Crippen LogP contribution in [-0.2, 0) is 6.42 Å². The van der Waals surface area contributed by atoms with Crippen LogP contribution >= 0.6 is 15.9 Å². The van der Waals surface area contributed by atoms with Gasteiger partial charge in [-0.2, -0.15) is 0 Å². The summed E-state index contributed by atoms with van der Waals surface area (Å²) in [5.74, 6) is -0.269. The Hall–Kier alpha value is -1.19. The van der Waals surface area contributed by atoms with Gasteiger partial charge in [0.15, 0.2) is 0 Å². The van der Waals surface area contributed by atoms with Gasteiger partial charge in [0.25, 0.3) is 0 Å². The van der Waals surface area contributed by atoms with Gasteiger partial charge >= 0.3 is 0 Å². The SMILES string of the molecule is Cc1cccc(C)c1CC(N)c1cccc(F)c1Br. The summed E-state index contributed by atoms with van der Waals surface area (Å²) < 4.78 is 14.0. The van der Waals surface area contributed by atoms with Crippen LogP contribution in [0.3, 0.4) is 0 Å². The summed E-state index contributed by atoms with van der Waals surface area (Å²) >= 11 is 3.28. The van der Waals surface area contributed by atoms with Crippen LogP contribution in [0.5, 0.6) is 0 Å². The van der Waals surface area contributed by atoms with Crippen molar-refractivity contribution in [3.63, 3.8) is 0 Å². The van der Waals surface area contributed by atoms with Crippen LogP contribution in [-0.4, -0.2) is 0 Å². The molecule has 0 heterocycles. The van der Waals surface area contributed by atoms with E-state index in [9.17, 15) is 4.39 Å². The van der Waals surface area contributed by atoms with Crippen LogP contribution in [0.4, 0.5) is 4.39 Å². The van der Waals surface area contributed by atoms with E-state index in [1.165, 1.54) is 22.8 Å². The van der Waals surface area contributed by atoms with Crippen molar-refractivity contribution in [1.29, 1.82) is 0 Å². The molecule has 2 rings (SSSR count). The van der Waals surface area contributed by atoms with Gasteiger partial charge in [-0.3, -0.25) is 0 Å². The molecule has 0 fully saturated rings. The Labute approximate surface area is 121 Å². The highest BCUT2D eigenvalue weighted by Crippen LogP contribution is 2.28. The number of rotatable bonds is 3. The molecule has 1 atom stereocenters. The Morgan fingerprint density at radius 3 is 2.32 bits per heavy atom. The minimum atomic E-state index is -0.269. The normalized spacial score (nSPS) is 12.5. The highest BCUT2D eigenvalue weighted by atomic mass is 79.9. The summed E-state index contributed by atoms with van der Waals surface area (Å²) in [5, 5.41) is 0. The van der Waals surface area contributed by atoms with E-state index in [0.717, 1.165) is 5.56 Å². The summed E-state index contributed by atoms with van der Waals surface area (Å²) in [6.45, 7) is 4.16. The van der Waals surface area contributed by atoms with Crippen molar-refractivity contribution < 1.29 is 4.39 Å². The standard InChI is InChI=1S/C16H17BrFN/c1-10-5-3-6-11(2)13(10)9-15(19)12-7-4-8-14(18)16(12)17/h3-8,15H,9,19H2,1-2H3. The van der Waals surface area contributed by atoms with Gasteiger partial charge in [0.1, 0.15) is 5.82 Å². The number of aryl methyl sites for hydroxylation is 2. The monoisotopic (exact) mass is 321 g/mol. The van der Waals surface area contributed by atoms with E-state index < -0.39 is 0 Å². The first-order chi connectivity index (χ1) is 9.00. The van der Waals surface area contributed by atoms with Gasteiger partial charge < -0.3 is 5.73 Å². The van der Waals surface area contributed by atoms with Crippen molar-refractivity contribution in [1.82, 2.24) is 0 Å². The van der Waals surface area contributed by atoms with Crippen molar-refractivity contribution in [2.45, 2.75) is 26.3 Å². The summed E-state index contributed by atoms with van der Waals surface area (Å²) in [4.78, 5) is 0. The third-order valence-corrected chi connectivity index (χ3v) is 4.29. The molecule has 0 aromatic heterocycles. The van der Waals surface area contributed by atoms with E-state index in [0.29, 0.717) is 10.9 Å². The van der Waals surface area contributed by atoms with Crippen molar-refractivity contribution in [3.05, 3.63) is 68.9 Å². The third kappa shape index (κ3) is 3.04. The van der Waals surface area contributed by atoms with Crippen molar-refractivity contribution in [3.8, 4) is 0 Å². The maximum absolute atomic E-state index is 13.5. The van der Waals surface area contributed by atoms with Gasteiger partial charge in [0.2, 0.25) is 0 Å². The number of hydrogen-bond donors (Lipinski definition) is 1. The summed E-state index contributed by atoms with van der Waals surface area (Å²) in [5.41, 5.74) is 10.7. The van der Waals surface area contributed by atoms with Gasteiger partial charge in [-0.1, -0.05) is 30.3 Å². The molecule has 0 radical (unpaired) electrons. The van der Waals surface area contributed by atoms with Crippen LogP contribution in [0.1, 0.15) is 28.3 Å². The summed E-state index contributed by atoms with van der Waals surface area (Å²) in [7, 11) is 0. The molecular formula is C16H17BrFN. The zero-order chi connectivity index (χ0) is 14.0. The quantitative estimate of drug-likeness (QED) is 0.888. The Morgan fingerprint density at radius 2 is 1.68 bits per heavy atom. The second-order valence-corrected chi connectivity index (χ2v) is 5.62. The first-order valence-electron chi connectivity index (χ1n) is 6.25. The lowest BCUT2D eigenvalue weighted by molar-refractivity contribution is 0.610. The molecule has 2 N–H and O–H groups in total. The molecule has 1 nitrogen and oxygen atoms in total. The predicted molar refractivity (Wildman–Crippen MR) is 80.6 cm³/mol. The molecule has 100 valence electrons. The fraction of sp³-hybridized carbons (Fsp3) is 0.250. The first kappa shape index (κ1) is 14.2. The second-order valence-electron chi connectivity index (χ2n) is 4.82. The van der Waals surface area contributed by atoms with Gasteiger partial charge in [0, 0.05) is 6.04 Å². The second kappa shape index (κ2) is 5.85.